The van der Waals surface area contributed by atoms with Crippen LogP contribution in [0.15, 0.2) is 60.3 Å². The highest BCUT2D eigenvalue weighted by Gasteiger charge is 2.52. The number of benzene rings is 2. The summed E-state index contributed by atoms with van der Waals surface area (Å²) in [5.74, 6) is 0.00738. The van der Waals surface area contributed by atoms with Crippen LogP contribution in [0.25, 0.3) is 17.2 Å². The first-order chi connectivity index (χ1) is 17.2. The molecule has 7 nitrogen and oxygen atoms in total. The summed E-state index contributed by atoms with van der Waals surface area (Å²) in [6.45, 7) is 10.4. The van der Waals surface area contributed by atoms with Gasteiger partial charge in [0.2, 0.25) is 0 Å². The van der Waals surface area contributed by atoms with Crippen molar-refractivity contribution < 1.29 is 18.8 Å². The molecule has 2 aliphatic rings. The molecule has 8 heteroatoms. The van der Waals surface area contributed by atoms with Crippen LogP contribution in [-0.4, -0.2) is 47.5 Å². The quantitative estimate of drug-likeness (QED) is 0.465. The van der Waals surface area contributed by atoms with Crippen molar-refractivity contribution in [3.63, 3.8) is 0 Å². The fourth-order valence-electron chi connectivity index (χ4n) is 4.71. The number of carbonyl (C=O) groups excluding carboxylic acids is 1. The molecule has 1 saturated heterocycles. The van der Waals surface area contributed by atoms with Crippen LogP contribution in [0, 0.1) is 6.92 Å². The van der Waals surface area contributed by atoms with E-state index in [0.29, 0.717) is 0 Å². The topological polar surface area (TPSA) is 85.5 Å². The summed E-state index contributed by atoms with van der Waals surface area (Å²) in [5.41, 5.74) is 6.21. The van der Waals surface area contributed by atoms with E-state index < -0.39 is 24.4 Å². The van der Waals surface area contributed by atoms with Crippen molar-refractivity contribution in [2.75, 3.05) is 13.2 Å². The fourth-order valence-corrected chi connectivity index (χ4v) is 4.71. The maximum absolute atomic E-state index is 12.8. The molecule has 5 rings (SSSR count). The number of rotatable bonds is 6. The lowest BCUT2D eigenvalue weighted by Gasteiger charge is -2.32. The summed E-state index contributed by atoms with van der Waals surface area (Å²) in [4.78, 5) is 20.3. The molecule has 1 aliphatic heterocycles. The van der Waals surface area contributed by atoms with Gasteiger partial charge in [-0.1, -0.05) is 48.5 Å². The Kier molecular flexibility index (Phi) is 6.26. The molecule has 186 valence electrons. The molecule has 1 amide bonds. The first-order valence-corrected chi connectivity index (χ1v) is 12.3. The molecule has 2 N–H and O–H groups in total. The van der Waals surface area contributed by atoms with Crippen LogP contribution in [0.3, 0.4) is 0 Å². The molecule has 0 spiro atoms. The Morgan fingerprint density at radius 2 is 1.64 bits per heavy atom. The van der Waals surface area contributed by atoms with Crippen molar-refractivity contribution in [3.8, 4) is 11.1 Å². The number of carbonyl (C=O) groups is 1. The lowest BCUT2D eigenvalue weighted by Crippen LogP contribution is -2.41. The molecule has 0 radical (unpaired) electrons. The number of aryl methyl sites for hydroxylation is 1. The molecular weight excluding hydrogens is 453 g/mol. The normalized spacial score (nSPS) is 18.1. The Morgan fingerprint density at radius 1 is 1.06 bits per heavy atom. The first kappa shape index (κ1) is 24.3. The molecule has 0 bridgehead atoms. The predicted molar refractivity (Wildman–Crippen MR) is 140 cm³/mol. The van der Waals surface area contributed by atoms with Gasteiger partial charge in [-0.25, -0.2) is 9.78 Å². The highest BCUT2D eigenvalue weighted by atomic mass is 16.7. The number of nitrogens with one attached hydrogen (secondary N) is 2. The van der Waals surface area contributed by atoms with Gasteiger partial charge in [-0.05, 0) is 68.4 Å². The SMILES string of the molecule is Cc1[nH]cnc1C=C(CNC(=O)OCC1c2ccccc2-c2ccccc21)B1OC(C)(C)C(C)(C)O1. The Labute approximate surface area is 212 Å². The number of amides is 1. The minimum atomic E-state index is -0.611. The average molecular weight is 485 g/mol. The van der Waals surface area contributed by atoms with Gasteiger partial charge < -0.3 is 24.3 Å². The summed E-state index contributed by atoms with van der Waals surface area (Å²) in [6, 6.07) is 16.6. The zero-order chi connectivity index (χ0) is 25.5. The van der Waals surface area contributed by atoms with Crippen molar-refractivity contribution in [2.45, 2.75) is 51.7 Å². The summed E-state index contributed by atoms with van der Waals surface area (Å²) in [5, 5.41) is 2.89. The number of aromatic nitrogens is 2. The van der Waals surface area contributed by atoms with E-state index in [0.717, 1.165) is 16.9 Å². The second-order valence-electron chi connectivity index (χ2n) is 10.4. The van der Waals surface area contributed by atoms with E-state index in [1.54, 1.807) is 6.33 Å². The summed E-state index contributed by atoms with van der Waals surface area (Å²) in [6.07, 6.45) is 3.05. The lowest BCUT2D eigenvalue weighted by molar-refractivity contribution is 0.00578. The fraction of sp³-hybridized carbons (Fsp3) is 0.357. The summed E-state index contributed by atoms with van der Waals surface area (Å²) in [7, 11) is -0.611. The van der Waals surface area contributed by atoms with E-state index >= 15 is 0 Å². The molecule has 0 atom stereocenters. The van der Waals surface area contributed by atoms with Crippen molar-refractivity contribution >= 4 is 19.3 Å². The van der Waals surface area contributed by atoms with Crippen LogP contribution in [0.4, 0.5) is 4.79 Å². The van der Waals surface area contributed by atoms with Gasteiger partial charge in [0.15, 0.2) is 0 Å². The predicted octanol–water partition coefficient (Wildman–Crippen LogP) is 5.27. The molecule has 2 heterocycles. The maximum Gasteiger partial charge on any atom is 0.492 e. The van der Waals surface area contributed by atoms with Crippen molar-refractivity contribution in [1.29, 1.82) is 0 Å². The highest BCUT2D eigenvalue weighted by Crippen LogP contribution is 2.44. The van der Waals surface area contributed by atoms with Gasteiger partial charge in [0.05, 0.1) is 23.2 Å². The van der Waals surface area contributed by atoms with Crippen molar-refractivity contribution in [2.24, 2.45) is 0 Å². The molecule has 3 aromatic rings. The number of fused-ring (bicyclic) bond motifs is 3. The maximum atomic E-state index is 12.8. The molecule has 2 aromatic carbocycles. The largest absolute Gasteiger partial charge is 0.492 e. The number of H-pyrrole nitrogens is 1. The third-order valence-corrected chi connectivity index (χ3v) is 7.53. The smallest absolute Gasteiger partial charge is 0.449 e. The minimum absolute atomic E-state index is 0.00738. The second-order valence-corrected chi connectivity index (χ2v) is 10.4. The van der Waals surface area contributed by atoms with Gasteiger partial charge in [-0.3, -0.25) is 0 Å². The monoisotopic (exact) mass is 485 g/mol. The third-order valence-electron chi connectivity index (χ3n) is 7.53. The zero-order valence-electron chi connectivity index (χ0n) is 21.4. The number of hydrogen-bond acceptors (Lipinski definition) is 5. The van der Waals surface area contributed by atoms with E-state index in [2.05, 4.69) is 39.6 Å². The number of hydrogen-bond donors (Lipinski definition) is 2. The number of imidazole rings is 1. The molecule has 1 aliphatic carbocycles. The Balaban J connectivity index is 1.28. The zero-order valence-corrected chi connectivity index (χ0v) is 21.4. The molecule has 36 heavy (non-hydrogen) atoms. The molecule has 0 saturated carbocycles. The lowest BCUT2D eigenvalue weighted by atomic mass is 9.77. The van der Waals surface area contributed by atoms with Crippen molar-refractivity contribution in [1.82, 2.24) is 15.3 Å². The van der Waals surface area contributed by atoms with E-state index in [1.165, 1.54) is 22.3 Å². The highest BCUT2D eigenvalue weighted by molar-refractivity contribution is 6.56. The van der Waals surface area contributed by atoms with Crippen LogP contribution < -0.4 is 5.32 Å². The summed E-state index contributed by atoms with van der Waals surface area (Å²) < 4.78 is 18.2. The van der Waals surface area contributed by atoms with Crippen LogP contribution in [0.5, 0.6) is 0 Å². The minimum Gasteiger partial charge on any atom is -0.449 e. The van der Waals surface area contributed by atoms with Gasteiger partial charge in [0.25, 0.3) is 0 Å². The van der Waals surface area contributed by atoms with Gasteiger partial charge in [0.1, 0.15) is 6.61 Å². The van der Waals surface area contributed by atoms with Crippen LogP contribution in [0.2, 0.25) is 0 Å². The standard InChI is InChI=1S/C28H32BN3O4/c1-18-25(32-17-31-18)14-19(29-35-27(2,3)28(4,5)36-29)15-30-26(33)34-16-24-22-12-8-6-10-20(22)21-11-7-9-13-23(21)24/h6-14,17,24H,15-16H2,1-5H3,(H,30,33)(H,31,32). The van der Waals surface area contributed by atoms with Crippen LogP contribution in [-0.2, 0) is 14.0 Å². The third kappa shape index (κ3) is 4.47. The molecular formula is C28H32BN3O4. The molecule has 0 unspecified atom stereocenters. The van der Waals surface area contributed by atoms with Gasteiger partial charge >= 0.3 is 13.2 Å². The van der Waals surface area contributed by atoms with E-state index in [9.17, 15) is 4.79 Å². The van der Waals surface area contributed by atoms with E-state index in [4.69, 9.17) is 14.0 Å². The van der Waals surface area contributed by atoms with Gasteiger partial charge in [0, 0.05) is 18.2 Å². The Bertz CT molecular complexity index is 1250. The first-order valence-electron chi connectivity index (χ1n) is 12.3. The van der Waals surface area contributed by atoms with Gasteiger partial charge in [-0.2, -0.15) is 0 Å². The molecule has 1 aromatic heterocycles. The average Bonchev–Trinajstić information content (AvgIpc) is 3.46. The Morgan fingerprint density at radius 3 is 2.19 bits per heavy atom. The van der Waals surface area contributed by atoms with Crippen LogP contribution in [0.1, 0.15) is 56.1 Å². The molecule has 1 fully saturated rings. The van der Waals surface area contributed by atoms with E-state index in [-0.39, 0.29) is 19.1 Å². The number of ether oxygens (including phenoxy) is 1. The van der Waals surface area contributed by atoms with Crippen LogP contribution >= 0.6 is 0 Å². The van der Waals surface area contributed by atoms with E-state index in [1.807, 2.05) is 65.0 Å². The number of aromatic amines is 1. The van der Waals surface area contributed by atoms with Gasteiger partial charge in [-0.15, -0.1) is 0 Å². The second kappa shape index (κ2) is 9.26. The number of alkyl carbamates (subject to hydrolysis) is 1. The number of nitrogens with zero attached hydrogens (tertiary/aromatic N) is 1. The summed E-state index contributed by atoms with van der Waals surface area (Å²) >= 11 is 0. The Hall–Kier alpha value is -3.36. The van der Waals surface area contributed by atoms with Crippen molar-refractivity contribution in [3.05, 3.63) is 82.8 Å².